The maximum absolute atomic E-state index is 12.6. The molecular weight excluding hydrogens is 462 g/mol. The van der Waals surface area contributed by atoms with Crippen molar-refractivity contribution in [2.45, 2.75) is 49.8 Å². The number of carbonyl (C=O) groups is 2. The molecule has 2 aromatic carbocycles. The van der Waals surface area contributed by atoms with Crippen molar-refractivity contribution in [3.8, 4) is 5.75 Å². The summed E-state index contributed by atoms with van der Waals surface area (Å²) in [6, 6.07) is 11.3. The zero-order valence-corrected chi connectivity index (χ0v) is 20.4. The number of amides is 1. The Morgan fingerprint density at radius 1 is 1.06 bits per heavy atom. The lowest BCUT2D eigenvalue weighted by molar-refractivity contribution is -0.117. The van der Waals surface area contributed by atoms with E-state index in [4.69, 9.17) is 16.3 Å². The van der Waals surface area contributed by atoms with Crippen LogP contribution < -0.4 is 10.1 Å². The van der Waals surface area contributed by atoms with Crippen molar-refractivity contribution < 1.29 is 22.7 Å². The van der Waals surface area contributed by atoms with Gasteiger partial charge in [0.15, 0.2) is 9.84 Å². The van der Waals surface area contributed by atoms with Crippen LogP contribution in [0.4, 0.5) is 0 Å². The lowest BCUT2D eigenvalue weighted by Crippen LogP contribution is -2.26. The fourth-order valence-corrected chi connectivity index (χ4v) is 5.64. The fourth-order valence-electron chi connectivity index (χ4n) is 4.20. The Morgan fingerprint density at radius 2 is 1.76 bits per heavy atom. The minimum Gasteiger partial charge on any atom is -0.496 e. The van der Waals surface area contributed by atoms with Crippen molar-refractivity contribution in [3.63, 3.8) is 0 Å². The molecule has 0 unspecified atom stereocenters. The molecule has 0 spiro atoms. The molecule has 1 saturated carbocycles. The molecule has 178 valence electrons. The maximum atomic E-state index is 12.6. The molecule has 8 heteroatoms. The van der Waals surface area contributed by atoms with Crippen molar-refractivity contribution in [2.24, 2.45) is 5.92 Å². The first-order valence-electron chi connectivity index (χ1n) is 11.2. The first kappa shape index (κ1) is 25.2. The van der Waals surface area contributed by atoms with Gasteiger partial charge in [0.05, 0.1) is 17.6 Å². The number of sulfone groups is 1. The molecule has 3 rings (SSSR count). The van der Waals surface area contributed by atoms with Crippen LogP contribution in [0.25, 0.3) is 0 Å². The highest BCUT2D eigenvalue weighted by Crippen LogP contribution is 2.27. The standard InChI is InChI=1S/C25H30ClNO5S/c1-32-24-12-9-20(26)16-23(24)25(29)27-14-13-18-7-10-22(11-8-18)33(30,31)17-21(28)15-19-5-3-2-4-6-19/h7-12,16,19H,2-6,13-15,17H2,1H3,(H,27,29). The van der Waals surface area contributed by atoms with Gasteiger partial charge in [-0.05, 0) is 48.2 Å². The molecule has 1 amide bonds. The van der Waals surface area contributed by atoms with Crippen LogP contribution in [0.5, 0.6) is 5.75 Å². The van der Waals surface area contributed by atoms with Crippen LogP contribution in [0.3, 0.4) is 0 Å². The molecule has 1 N–H and O–H groups in total. The smallest absolute Gasteiger partial charge is 0.255 e. The number of benzene rings is 2. The molecule has 0 aliphatic heterocycles. The third kappa shape index (κ3) is 7.30. The number of carbonyl (C=O) groups excluding carboxylic acids is 2. The average Bonchev–Trinajstić information content (AvgIpc) is 2.79. The maximum Gasteiger partial charge on any atom is 0.255 e. The summed E-state index contributed by atoms with van der Waals surface area (Å²) in [4.78, 5) is 24.9. The number of Topliss-reactive ketones (excluding diaryl/α,β-unsaturated/α-hetero) is 1. The number of ether oxygens (including phenoxy) is 1. The monoisotopic (exact) mass is 491 g/mol. The van der Waals surface area contributed by atoms with Gasteiger partial charge in [0.2, 0.25) is 0 Å². The van der Waals surface area contributed by atoms with E-state index >= 15 is 0 Å². The molecule has 0 atom stereocenters. The van der Waals surface area contributed by atoms with Crippen LogP contribution in [-0.4, -0.2) is 39.5 Å². The second-order valence-corrected chi connectivity index (χ2v) is 10.9. The minimum atomic E-state index is -3.65. The van der Waals surface area contributed by atoms with Gasteiger partial charge < -0.3 is 10.1 Å². The Labute approximate surface area is 200 Å². The minimum absolute atomic E-state index is 0.149. The van der Waals surface area contributed by atoms with Crippen LogP contribution in [0.1, 0.15) is 54.4 Å². The summed E-state index contributed by atoms with van der Waals surface area (Å²) in [6.07, 6.45) is 6.36. The zero-order valence-electron chi connectivity index (χ0n) is 18.8. The van der Waals surface area contributed by atoms with Crippen molar-refractivity contribution >= 4 is 33.1 Å². The van der Waals surface area contributed by atoms with Crippen molar-refractivity contribution in [3.05, 3.63) is 58.6 Å². The third-order valence-electron chi connectivity index (χ3n) is 5.98. The van der Waals surface area contributed by atoms with Gasteiger partial charge in [-0.15, -0.1) is 0 Å². The van der Waals surface area contributed by atoms with E-state index in [1.807, 2.05) is 0 Å². The summed E-state index contributed by atoms with van der Waals surface area (Å²) in [6.45, 7) is 0.362. The first-order chi connectivity index (χ1) is 15.8. The highest BCUT2D eigenvalue weighted by atomic mass is 35.5. The summed E-state index contributed by atoms with van der Waals surface area (Å²) < 4.78 is 30.5. The molecule has 0 heterocycles. The Kier molecular flexibility index (Phi) is 8.92. The zero-order chi connectivity index (χ0) is 23.8. The van der Waals surface area contributed by atoms with Gasteiger partial charge in [-0.3, -0.25) is 9.59 Å². The Balaban J connectivity index is 1.51. The summed E-state index contributed by atoms with van der Waals surface area (Å²) in [5, 5.41) is 3.26. The molecule has 0 radical (unpaired) electrons. The van der Waals surface area contributed by atoms with Gasteiger partial charge in [-0.25, -0.2) is 8.42 Å². The molecule has 6 nitrogen and oxygen atoms in total. The van der Waals surface area contributed by atoms with Crippen molar-refractivity contribution in [1.29, 1.82) is 0 Å². The number of hydrogen-bond acceptors (Lipinski definition) is 5. The van der Waals surface area contributed by atoms with Gasteiger partial charge in [0.25, 0.3) is 5.91 Å². The van der Waals surface area contributed by atoms with Crippen LogP contribution in [0, 0.1) is 5.92 Å². The Morgan fingerprint density at radius 3 is 2.42 bits per heavy atom. The highest BCUT2D eigenvalue weighted by Gasteiger charge is 2.23. The summed E-state index contributed by atoms with van der Waals surface area (Å²) in [7, 11) is -2.17. The van der Waals surface area contributed by atoms with E-state index < -0.39 is 15.6 Å². The average molecular weight is 492 g/mol. The molecule has 0 bridgehead atoms. The lowest BCUT2D eigenvalue weighted by Gasteiger charge is -2.20. The van der Waals surface area contributed by atoms with Crippen molar-refractivity contribution in [1.82, 2.24) is 5.32 Å². The van der Waals surface area contributed by atoms with E-state index in [-0.39, 0.29) is 16.6 Å². The summed E-state index contributed by atoms with van der Waals surface area (Å²) in [5.41, 5.74) is 1.23. The van der Waals surface area contributed by atoms with E-state index in [9.17, 15) is 18.0 Å². The van der Waals surface area contributed by atoms with Gasteiger partial charge in [-0.2, -0.15) is 0 Å². The van der Waals surface area contributed by atoms with Crippen LogP contribution in [-0.2, 0) is 21.1 Å². The molecule has 33 heavy (non-hydrogen) atoms. The predicted octanol–water partition coefficient (Wildman–Crippen LogP) is 4.63. The van der Waals surface area contributed by atoms with Crippen LogP contribution >= 0.6 is 11.6 Å². The first-order valence-corrected chi connectivity index (χ1v) is 13.3. The fraction of sp³-hybridized carbons (Fsp3) is 0.440. The van der Waals surface area contributed by atoms with Crippen LogP contribution in [0.15, 0.2) is 47.4 Å². The van der Waals surface area contributed by atoms with E-state index in [1.54, 1.807) is 30.3 Å². The molecule has 1 aliphatic carbocycles. The topological polar surface area (TPSA) is 89.5 Å². The Hall–Kier alpha value is -2.38. The number of ketones is 1. The molecule has 0 aromatic heterocycles. The number of hydrogen-bond donors (Lipinski definition) is 1. The lowest BCUT2D eigenvalue weighted by atomic mass is 9.86. The summed E-state index contributed by atoms with van der Waals surface area (Å²) in [5.74, 6) is -0.189. The SMILES string of the molecule is COc1ccc(Cl)cc1C(=O)NCCc1ccc(S(=O)(=O)CC(=O)CC2CCCCC2)cc1. The summed E-state index contributed by atoms with van der Waals surface area (Å²) >= 11 is 5.97. The van der Waals surface area contributed by atoms with E-state index in [2.05, 4.69) is 5.32 Å². The van der Waals surface area contributed by atoms with Gasteiger partial charge in [-0.1, -0.05) is 55.8 Å². The second kappa shape index (κ2) is 11.7. The van der Waals surface area contributed by atoms with Crippen LogP contribution in [0.2, 0.25) is 5.02 Å². The van der Waals surface area contributed by atoms with Crippen molar-refractivity contribution in [2.75, 3.05) is 19.4 Å². The van der Waals surface area contributed by atoms with Gasteiger partial charge in [0.1, 0.15) is 17.3 Å². The number of halogens is 1. The number of rotatable bonds is 10. The van der Waals surface area contributed by atoms with E-state index in [0.29, 0.717) is 41.6 Å². The van der Waals surface area contributed by atoms with E-state index in [0.717, 1.165) is 31.2 Å². The number of nitrogens with one attached hydrogen (secondary N) is 1. The highest BCUT2D eigenvalue weighted by molar-refractivity contribution is 7.92. The largest absolute Gasteiger partial charge is 0.496 e. The van der Waals surface area contributed by atoms with Gasteiger partial charge >= 0.3 is 0 Å². The molecule has 0 saturated heterocycles. The normalized spacial score (nSPS) is 14.6. The quantitative estimate of drug-likeness (QED) is 0.523. The molecule has 1 fully saturated rings. The van der Waals surface area contributed by atoms with Gasteiger partial charge in [0, 0.05) is 18.0 Å². The third-order valence-corrected chi connectivity index (χ3v) is 7.91. The predicted molar refractivity (Wildman–Crippen MR) is 129 cm³/mol. The molecule has 1 aliphatic rings. The molecule has 2 aromatic rings. The number of methoxy groups -OCH3 is 1. The second-order valence-electron chi connectivity index (χ2n) is 8.50. The molecular formula is C25H30ClNO5S. The van der Waals surface area contributed by atoms with E-state index in [1.165, 1.54) is 25.7 Å². The Bertz CT molecular complexity index is 1080.